The van der Waals surface area contributed by atoms with E-state index in [2.05, 4.69) is 4.99 Å². The molecule has 0 aliphatic heterocycles. The van der Waals surface area contributed by atoms with Crippen molar-refractivity contribution < 1.29 is 9.84 Å². The Morgan fingerprint density at radius 2 is 1.79 bits per heavy atom. The number of ether oxygens (including phenoxy) is 1. The highest BCUT2D eigenvalue weighted by atomic mass is 16.5. The van der Waals surface area contributed by atoms with Crippen molar-refractivity contribution in [2.75, 3.05) is 13.7 Å². The molecule has 3 nitrogen and oxygen atoms in total. The van der Waals surface area contributed by atoms with E-state index in [4.69, 9.17) is 4.74 Å². The predicted octanol–water partition coefficient (Wildman–Crippen LogP) is 2.85. The van der Waals surface area contributed by atoms with Gasteiger partial charge in [-0.1, -0.05) is 42.5 Å². The minimum absolute atomic E-state index is 0.0182. The summed E-state index contributed by atoms with van der Waals surface area (Å²) in [6.07, 6.45) is 1.74. The first kappa shape index (κ1) is 13.3. The lowest BCUT2D eigenvalue weighted by atomic mass is 10.1. The zero-order valence-electron chi connectivity index (χ0n) is 10.9. The number of aliphatic imine (C=N–C) groups is 1. The standard InChI is InChI=1S/C16H17NO2/c1-19-16-10-6-5-9-14(16)11-17-15(12-18)13-7-3-2-4-8-13/h2-11,15,18H,12H2,1H3/t15-/m0/s1. The molecule has 0 saturated heterocycles. The molecule has 0 amide bonds. The van der Waals surface area contributed by atoms with E-state index >= 15 is 0 Å². The lowest BCUT2D eigenvalue weighted by Crippen LogP contribution is -2.02. The third kappa shape index (κ3) is 3.42. The number of rotatable bonds is 5. The van der Waals surface area contributed by atoms with Crippen LogP contribution in [0.2, 0.25) is 0 Å². The van der Waals surface area contributed by atoms with Crippen LogP contribution >= 0.6 is 0 Å². The van der Waals surface area contributed by atoms with Gasteiger partial charge in [-0.25, -0.2) is 0 Å². The molecule has 0 aliphatic carbocycles. The van der Waals surface area contributed by atoms with Crippen molar-refractivity contribution in [3.63, 3.8) is 0 Å². The number of methoxy groups -OCH3 is 1. The van der Waals surface area contributed by atoms with E-state index in [9.17, 15) is 5.11 Å². The number of benzene rings is 2. The average Bonchev–Trinajstić information content (AvgIpc) is 2.49. The summed E-state index contributed by atoms with van der Waals surface area (Å²) in [5.41, 5.74) is 1.90. The fraction of sp³-hybridized carbons (Fsp3) is 0.188. The molecule has 2 rings (SSSR count). The van der Waals surface area contributed by atoms with Crippen LogP contribution in [0.4, 0.5) is 0 Å². The van der Waals surface area contributed by atoms with Gasteiger partial charge in [-0.05, 0) is 17.7 Å². The van der Waals surface area contributed by atoms with Crippen LogP contribution in [-0.2, 0) is 0 Å². The SMILES string of the molecule is COc1ccccc1C=N[C@@H](CO)c1ccccc1. The molecule has 0 fully saturated rings. The van der Waals surface area contributed by atoms with Gasteiger partial charge in [0.15, 0.2) is 0 Å². The van der Waals surface area contributed by atoms with Gasteiger partial charge in [-0.2, -0.15) is 0 Å². The minimum Gasteiger partial charge on any atom is -0.496 e. The maximum atomic E-state index is 9.44. The van der Waals surface area contributed by atoms with E-state index in [0.717, 1.165) is 16.9 Å². The van der Waals surface area contributed by atoms with E-state index in [1.54, 1.807) is 13.3 Å². The topological polar surface area (TPSA) is 41.8 Å². The van der Waals surface area contributed by atoms with Crippen LogP contribution in [0, 0.1) is 0 Å². The zero-order valence-corrected chi connectivity index (χ0v) is 10.9. The Balaban J connectivity index is 2.21. The summed E-state index contributed by atoms with van der Waals surface area (Å²) in [7, 11) is 1.63. The molecule has 0 unspecified atom stereocenters. The first-order valence-corrected chi connectivity index (χ1v) is 6.17. The molecular formula is C16H17NO2. The second-order valence-corrected chi connectivity index (χ2v) is 4.13. The highest BCUT2D eigenvalue weighted by molar-refractivity contribution is 5.83. The van der Waals surface area contributed by atoms with Gasteiger partial charge >= 0.3 is 0 Å². The van der Waals surface area contributed by atoms with Gasteiger partial charge in [0.05, 0.1) is 19.8 Å². The number of aliphatic hydroxyl groups excluding tert-OH is 1. The minimum atomic E-state index is -0.244. The van der Waals surface area contributed by atoms with E-state index in [-0.39, 0.29) is 12.6 Å². The molecule has 0 spiro atoms. The molecule has 2 aromatic rings. The third-order valence-electron chi connectivity index (χ3n) is 2.89. The second-order valence-electron chi connectivity index (χ2n) is 4.13. The van der Waals surface area contributed by atoms with Crippen molar-refractivity contribution in [3.05, 3.63) is 65.7 Å². The van der Waals surface area contributed by atoms with Gasteiger partial charge in [0.1, 0.15) is 5.75 Å². The summed E-state index contributed by atoms with van der Waals surface area (Å²) in [4.78, 5) is 4.44. The Kier molecular flexibility index (Phi) is 4.70. The first-order chi connectivity index (χ1) is 9.35. The molecule has 2 aromatic carbocycles. The molecule has 1 atom stereocenters. The molecule has 1 N–H and O–H groups in total. The molecule has 3 heteroatoms. The largest absolute Gasteiger partial charge is 0.496 e. The third-order valence-corrected chi connectivity index (χ3v) is 2.89. The van der Waals surface area contributed by atoms with Crippen molar-refractivity contribution in [2.24, 2.45) is 4.99 Å². The maximum Gasteiger partial charge on any atom is 0.127 e. The Bertz CT molecular complexity index is 537. The fourth-order valence-corrected chi connectivity index (χ4v) is 1.86. The van der Waals surface area contributed by atoms with Crippen LogP contribution in [0.1, 0.15) is 17.2 Å². The summed E-state index contributed by atoms with van der Waals surface area (Å²) in [6, 6.07) is 17.2. The number of hydrogen-bond donors (Lipinski definition) is 1. The first-order valence-electron chi connectivity index (χ1n) is 6.17. The van der Waals surface area contributed by atoms with Crippen LogP contribution in [0.25, 0.3) is 0 Å². The van der Waals surface area contributed by atoms with Gasteiger partial charge in [0.25, 0.3) is 0 Å². The summed E-state index contributed by atoms with van der Waals surface area (Å²) < 4.78 is 5.26. The summed E-state index contributed by atoms with van der Waals surface area (Å²) in [5.74, 6) is 0.774. The summed E-state index contributed by atoms with van der Waals surface area (Å²) in [6.45, 7) is -0.0182. The average molecular weight is 255 g/mol. The van der Waals surface area contributed by atoms with Crippen molar-refractivity contribution in [1.82, 2.24) is 0 Å². The van der Waals surface area contributed by atoms with Gasteiger partial charge in [0.2, 0.25) is 0 Å². The van der Waals surface area contributed by atoms with Crippen molar-refractivity contribution in [2.45, 2.75) is 6.04 Å². The van der Waals surface area contributed by atoms with Gasteiger partial charge in [-0.15, -0.1) is 0 Å². The van der Waals surface area contributed by atoms with Crippen molar-refractivity contribution >= 4 is 6.21 Å². The van der Waals surface area contributed by atoms with Crippen molar-refractivity contribution in [1.29, 1.82) is 0 Å². The second kappa shape index (κ2) is 6.71. The summed E-state index contributed by atoms with van der Waals surface area (Å²) >= 11 is 0. The Labute approximate surface area is 113 Å². The molecule has 0 bridgehead atoms. The van der Waals surface area contributed by atoms with E-state index in [0.29, 0.717) is 0 Å². The normalized spacial score (nSPS) is 12.5. The Morgan fingerprint density at radius 1 is 1.11 bits per heavy atom. The van der Waals surface area contributed by atoms with E-state index in [1.165, 1.54) is 0 Å². The summed E-state index contributed by atoms with van der Waals surface area (Å²) in [5, 5.41) is 9.44. The Hall–Kier alpha value is -2.13. The smallest absolute Gasteiger partial charge is 0.127 e. The lowest BCUT2D eigenvalue weighted by Gasteiger charge is -2.09. The van der Waals surface area contributed by atoms with E-state index < -0.39 is 0 Å². The fourth-order valence-electron chi connectivity index (χ4n) is 1.86. The van der Waals surface area contributed by atoms with Gasteiger partial charge in [0, 0.05) is 11.8 Å². The molecular weight excluding hydrogens is 238 g/mol. The highest BCUT2D eigenvalue weighted by Gasteiger charge is 2.07. The van der Waals surface area contributed by atoms with Gasteiger partial charge in [-0.3, -0.25) is 4.99 Å². The maximum absolute atomic E-state index is 9.44. The Morgan fingerprint density at radius 3 is 2.47 bits per heavy atom. The molecule has 0 saturated carbocycles. The number of hydrogen-bond acceptors (Lipinski definition) is 3. The molecule has 98 valence electrons. The van der Waals surface area contributed by atoms with Crippen molar-refractivity contribution in [3.8, 4) is 5.75 Å². The van der Waals surface area contributed by atoms with Crippen LogP contribution < -0.4 is 4.74 Å². The molecule has 0 aliphatic rings. The number of aliphatic hydroxyl groups is 1. The number of para-hydroxylation sites is 1. The van der Waals surface area contributed by atoms with Crippen LogP contribution in [0.15, 0.2) is 59.6 Å². The number of nitrogens with zero attached hydrogens (tertiary/aromatic N) is 1. The zero-order chi connectivity index (χ0) is 13.5. The monoisotopic (exact) mass is 255 g/mol. The molecule has 0 aromatic heterocycles. The van der Waals surface area contributed by atoms with Crippen LogP contribution in [-0.4, -0.2) is 25.0 Å². The quantitative estimate of drug-likeness (QED) is 0.835. The molecule has 0 radical (unpaired) electrons. The van der Waals surface area contributed by atoms with Gasteiger partial charge < -0.3 is 9.84 Å². The lowest BCUT2D eigenvalue weighted by molar-refractivity contribution is 0.269. The molecule has 0 heterocycles. The molecule has 19 heavy (non-hydrogen) atoms. The van der Waals surface area contributed by atoms with Crippen LogP contribution in [0.3, 0.4) is 0 Å². The predicted molar refractivity (Wildman–Crippen MR) is 76.9 cm³/mol. The van der Waals surface area contributed by atoms with E-state index in [1.807, 2.05) is 54.6 Å². The highest BCUT2D eigenvalue weighted by Crippen LogP contribution is 2.19. The van der Waals surface area contributed by atoms with Crippen LogP contribution in [0.5, 0.6) is 5.75 Å².